The summed E-state index contributed by atoms with van der Waals surface area (Å²) in [6.45, 7) is 4.88. The van der Waals surface area contributed by atoms with Crippen LogP contribution in [0.5, 0.6) is 0 Å². The van der Waals surface area contributed by atoms with Crippen LogP contribution in [0.4, 0.5) is 0 Å². The summed E-state index contributed by atoms with van der Waals surface area (Å²) >= 11 is 0. The molecule has 0 bridgehead atoms. The van der Waals surface area contributed by atoms with Crippen molar-refractivity contribution in [3.8, 4) is 0 Å². The van der Waals surface area contributed by atoms with Gasteiger partial charge in [-0.25, -0.2) is 13.1 Å². The van der Waals surface area contributed by atoms with Crippen LogP contribution in [0, 0.1) is 5.41 Å². The number of sulfonamides is 1. The lowest BCUT2D eigenvalue weighted by molar-refractivity contribution is -0.0785. The molecular weight excluding hydrogens is 262 g/mol. The summed E-state index contributed by atoms with van der Waals surface area (Å²) in [5.74, 6) is 0.177. The maximum absolute atomic E-state index is 11.5. The van der Waals surface area contributed by atoms with Gasteiger partial charge in [0, 0.05) is 38.1 Å². The zero-order chi connectivity index (χ0) is 13.5. The summed E-state index contributed by atoms with van der Waals surface area (Å²) in [5, 5.41) is 0. The molecule has 1 aromatic heterocycles. The first kappa shape index (κ1) is 13.1. The van der Waals surface area contributed by atoms with Crippen molar-refractivity contribution in [2.75, 3.05) is 18.8 Å². The Kier molecular flexibility index (Phi) is 3.19. The molecule has 6 heteroatoms. The quantitative estimate of drug-likeness (QED) is 0.844. The maximum Gasteiger partial charge on any atom is 0.211 e. The maximum atomic E-state index is 11.5. The first-order valence-electron chi connectivity index (χ1n) is 6.84. The van der Waals surface area contributed by atoms with Gasteiger partial charge in [0.1, 0.15) is 0 Å². The van der Waals surface area contributed by atoms with Crippen LogP contribution in [0.1, 0.15) is 25.3 Å². The van der Waals surface area contributed by atoms with E-state index in [0.29, 0.717) is 5.41 Å². The van der Waals surface area contributed by atoms with Gasteiger partial charge in [-0.3, -0.25) is 4.90 Å². The molecule has 1 aliphatic heterocycles. The van der Waals surface area contributed by atoms with Crippen molar-refractivity contribution in [2.45, 2.75) is 32.4 Å². The molecule has 1 aliphatic carbocycles. The molecule has 1 saturated carbocycles. The highest BCUT2D eigenvalue weighted by Crippen LogP contribution is 2.48. The summed E-state index contributed by atoms with van der Waals surface area (Å²) in [5.41, 5.74) is 1.70. The number of rotatable bonds is 5. The predicted octanol–water partition coefficient (Wildman–Crippen LogP) is 0.918. The van der Waals surface area contributed by atoms with Gasteiger partial charge in [-0.2, -0.15) is 0 Å². The Balaban J connectivity index is 1.43. The average Bonchev–Trinajstić information content (AvgIpc) is 2.76. The van der Waals surface area contributed by atoms with Crippen LogP contribution in [0.3, 0.4) is 0 Å². The fourth-order valence-electron chi connectivity index (χ4n) is 3.39. The van der Waals surface area contributed by atoms with Crippen LogP contribution in [0.15, 0.2) is 18.5 Å². The molecule has 2 fully saturated rings. The van der Waals surface area contributed by atoms with Crippen molar-refractivity contribution in [3.05, 3.63) is 24.0 Å². The Morgan fingerprint density at radius 2 is 2.21 bits per heavy atom. The number of aromatic nitrogens is 1. The highest BCUT2D eigenvalue weighted by atomic mass is 32.2. The van der Waals surface area contributed by atoms with Crippen LogP contribution < -0.4 is 4.72 Å². The van der Waals surface area contributed by atoms with Gasteiger partial charge in [0.05, 0.1) is 5.75 Å². The highest BCUT2D eigenvalue weighted by Gasteiger charge is 2.52. The van der Waals surface area contributed by atoms with Gasteiger partial charge < -0.3 is 4.98 Å². The SMILES string of the molecule is CCS(=O)(=O)NC1CC2(C1)CN(Cc1cc[nH]c1)C2. The minimum atomic E-state index is -3.04. The highest BCUT2D eigenvalue weighted by molar-refractivity contribution is 7.89. The Labute approximate surface area is 114 Å². The predicted molar refractivity (Wildman–Crippen MR) is 74.1 cm³/mol. The molecule has 2 aliphatic rings. The molecule has 3 rings (SSSR count). The molecule has 0 radical (unpaired) electrons. The summed E-state index contributed by atoms with van der Waals surface area (Å²) in [7, 11) is -3.04. The zero-order valence-electron chi connectivity index (χ0n) is 11.2. The van der Waals surface area contributed by atoms with Crippen molar-refractivity contribution < 1.29 is 8.42 Å². The zero-order valence-corrected chi connectivity index (χ0v) is 12.0. The third-order valence-electron chi connectivity index (χ3n) is 4.27. The van der Waals surface area contributed by atoms with Gasteiger partial charge in [-0.05, 0) is 36.8 Å². The van der Waals surface area contributed by atoms with Crippen LogP contribution in [0.2, 0.25) is 0 Å². The van der Waals surface area contributed by atoms with Crippen molar-refractivity contribution in [1.29, 1.82) is 0 Å². The Morgan fingerprint density at radius 3 is 2.79 bits per heavy atom. The standard InChI is InChI=1S/C13H21N3O2S/c1-2-19(17,18)15-12-5-13(6-12)9-16(10-13)8-11-3-4-14-7-11/h3-4,7,12,14-15H,2,5-6,8-10H2,1H3. The van der Waals surface area contributed by atoms with E-state index in [1.807, 2.05) is 12.4 Å². The normalized spacial score (nSPS) is 23.2. The van der Waals surface area contributed by atoms with E-state index in [1.165, 1.54) is 5.56 Å². The topological polar surface area (TPSA) is 65.2 Å². The van der Waals surface area contributed by atoms with Gasteiger partial charge in [0.15, 0.2) is 0 Å². The lowest BCUT2D eigenvalue weighted by Crippen LogP contribution is -2.66. The molecule has 5 nitrogen and oxygen atoms in total. The van der Waals surface area contributed by atoms with Gasteiger partial charge in [-0.15, -0.1) is 0 Å². The first-order chi connectivity index (χ1) is 9.00. The second-order valence-electron chi connectivity index (χ2n) is 5.99. The molecule has 19 heavy (non-hydrogen) atoms. The number of hydrogen-bond donors (Lipinski definition) is 2. The van der Waals surface area contributed by atoms with Crippen molar-refractivity contribution in [2.24, 2.45) is 5.41 Å². The Bertz CT molecular complexity index is 524. The van der Waals surface area contributed by atoms with E-state index in [9.17, 15) is 8.42 Å². The molecule has 0 aromatic carbocycles. The van der Waals surface area contributed by atoms with Crippen molar-refractivity contribution in [3.63, 3.8) is 0 Å². The summed E-state index contributed by atoms with van der Waals surface area (Å²) in [6.07, 6.45) is 5.97. The molecule has 2 N–H and O–H groups in total. The number of H-pyrrole nitrogens is 1. The molecule has 106 valence electrons. The van der Waals surface area contributed by atoms with E-state index >= 15 is 0 Å². The monoisotopic (exact) mass is 283 g/mol. The van der Waals surface area contributed by atoms with E-state index in [2.05, 4.69) is 20.7 Å². The molecule has 1 spiro atoms. The lowest BCUT2D eigenvalue weighted by Gasteiger charge is -2.59. The summed E-state index contributed by atoms with van der Waals surface area (Å²) < 4.78 is 25.7. The minimum absolute atomic E-state index is 0.166. The number of hydrogen-bond acceptors (Lipinski definition) is 3. The fraction of sp³-hybridized carbons (Fsp3) is 0.692. The lowest BCUT2D eigenvalue weighted by atomic mass is 9.61. The molecule has 1 saturated heterocycles. The van der Waals surface area contributed by atoms with Crippen LogP contribution in [0.25, 0.3) is 0 Å². The number of nitrogens with one attached hydrogen (secondary N) is 2. The summed E-state index contributed by atoms with van der Waals surface area (Å²) in [6, 6.07) is 2.27. The molecule has 0 atom stereocenters. The van der Waals surface area contributed by atoms with E-state index < -0.39 is 10.0 Å². The van der Waals surface area contributed by atoms with Crippen LogP contribution in [-0.4, -0.2) is 43.2 Å². The van der Waals surface area contributed by atoms with Gasteiger partial charge in [-0.1, -0.05) is 0 Å². The van der Waals surface area contributed by atoms with Crippen molar-refractivity contribution >= 4 is 10.0 Å². The second kappa shape index (κ2) is 4.61. The molecular formula is C13H21N3O2S. The minimum Gasteiger partial charge on any atom is -0.367 e. The molecule has 2 heterocycles. The average molecular weight is 283 g/mol. The van der Waals surface area contributed by atoms with Crippen molar-refractivity contribution in [1.82, 2.24) is 14.6 Å². The number of nitrogens with zero attached hydrogens (tertiary/aromatic N) is 1. The smallest absolute Gasteiger partial charge is 0.211 e. The van der Waals surface area contributed by atoms with E-state index in [-0.39, 0.29) is 11.8 Å². The van der Waals surface area contributed by atoms with E-state index in [0.717, 1.165) is 32.5 Å². The van der Waals surface area contributed by atoms with Gasteiger partial charge >= 0.3 is 0 Å². The Morgan fingerprint density at radius 1 is 1.47 bits per heavy atom. The van der Waals surface area contributed by atoms with Crippen LogP contribution >= 0.6 is 0 Å². The first-order valence-corrected chi connectivity index (χ1v) is 8.50. The van der Waals surface area contributed by atoms with E-state index in [1.54, 1.807) is 6.92 Å². The van der Waals surface area contributed by atoms with E-state index in [4.69, 9.17) is 0 Å². The molecule has 0 unspecified atom stereocenters. The number of aromatic amines is 1. The largest absolute Gasteiger partial charge is 0.367 e. The second-order valence-corrected chi connectivity index (χ2v) is 8.03. The molecule has 0 amide bonds. The molecule has 1 aromatic rings. The van der Waals surface area contributed by atoms with Gasteiger partial charge in [0.2, 0.25) is 10.0 Å². The van der Waals surface area contributed by atoms with Gasteiger partial charge in [0.25, 0.3) is 0 Å². The van der Waals surface area contributed by atoms with Crippen LogP contribution in [-0.2, 0) is 16.6 Å². The fourth-order valence-corrected chi connectivity index (χ4v) is 4.23. The number of likely N-dealkylation sites (tertiary alicyclic amines) is 1. The third-order valence-corrected chi connectivity index (χ3v) is 5.72. The Hall–Kier alpha value is -0.850. The summed E-state index contributed by atoms with van der Waals surface area (Å²) in [4.78, 5) is 5.49. The third kappa shape index (κ3) is 2.70.